The van der Waals surface area contributed by atoms with E-state index >= 15 is 0 Å². The summed E-state index contributed by atoms with van der Waals surface area (Å²) in [4.78, 5) is 0. The van der Waals surface area contributed by atoms with Crippen molar-refractivity contribution in [2.75, 3.05) is 0 Å². The number of hydrogen-bond acceptors (Lipinski definition) is 1. The van der Waals surface area contributed by atoms with Crippen molar-refractivity contribution >= 4 is 16.9 Å². The third-order valence-corrected chi connectivity index (χ3v) is 3.64. The van der Waals surface area contributed by atoms with Crippen LogP contribution in [0.3, 0.4) is 0 Å². The fraction of sp³-hybridized carbons (Fsp3) is 0.0667. The molecular weight excluding hydrogens is 285 g/mol. The van der Waals surface area contributed by atoms with Gasteiger partial charge in [-0.05, 0) is 35.9 Å². The van der Waals surface area contributed by atoms with Crippen molar-refractivity contribution in [3.63, 3.8) is 0 Å². The van der Waals surface area contributed by atoms with Gasteiger partial charge in [-0.2, -0.15) is 0 Å². The Morgan fingerprint density at radius 2 is 1.60 bits per heavy atom. The Bertz CT molecular complexity index is 651. The molecule has 5 heteroatoms. The molecule has 1 nitrogen and oxygen atoms in total. The van der Waals surface area contributed by atoms with Crippen molar-refractivity contribution < 1.29 is 17.4 Å². The SMILES string of the molecule is O=S(C=Cc1ccc(F)cc1F)Cc1ccc(F)cc1. The highest BCUT2D eigenvalue weighted by atomic mass is 32.2. The van der Waals surface area contributed by atoms with E-state index in [1.165, 1.54) is 29.7 Å². The molecule has 20 heavy (non-hydrogen) atoms. The highest BCUT2D eigenvalue weighted by Gasteiger charge is 2.02. The second-order valence-electron chi connectivity index (χ2n) is 4.12. The van der Waals surface area contributed by atoms with E-state index in [9.17, 15) is 17.4 Å². The minimum atomic E-state index is -1.36. The summed E-state index contributed by atoms with van der Waals surface area (Å²) < 4.78 is 50.5. The first-order valence-electron chi connectivity index (χ1n) is 5.79. The average Bonchev–Trinajstić information content (AvgIpc) is 2.40. The lowest BCUT2D eigenvalue weighted by atomic mass is 10.2. The van der Waals surface area contributed by atoms with E-state index < -0.39 is 22.4 Å². The first kappa shape index (κ1) is 14.5. The molecule has 0 aliphatic heterocycles. The molecule has 2 aromatic carbocycles. The summed E-state index contributed by atoms with van der Waals surface area (Å²) in [5.74, 6) is -1.52. The van der Waals surface area contributed by atoms with E-state index in [0.29, 0.717) is 5.56 Å². The lowest BCUT2D eigenvalue weighted by Gasteiger charge is -1.99. The second-order valence-corrected chi connectivity index (χ2v) is 5.44. The number of hydrogen-bond donors (Lipinski definition) is 0. The van der Waals surface area contributed by atoms with Gasteiger partial charge in [0.05, 0.1) is 16.6 Å². The van der Waals surface area contributed by atoms with Crippen LogP contribution in [0.4, 0.5) is 13.2 Å². The van der Waals surface area contributed by atoms with Crippen LogP contribution in [0.2, 0.25) is 0 Å². The molecule has 0 aliphatic carbocycles. The van der Waals surface area contributed by atoms with Gasteiger partial charge in [0.15, 0.2) is 0 Å². The zero-order valence-corrected chi connectivity index (χ0v) is 11.2. The third kappa shape index (κ3) is 4.06. The number of halogens is 3. The maximum absolute atomic E-state index is 13.3. The quantitative estimate of drug-likeness (QED) is 0.832. The normalized spacial score (nSPS) is 12.8. The van der Waals surface area contributed by atoms with E-state index in [2.05, 4.69) is 0 Å². The van der Waals surface area contributed by atoms with Crippen molar-refractivity contribution in [1.29, 1.82) is 0 Å². The molecule has 0 saturated carbocycles. The minimum Gasteiger partial charge on any atom is -0.255 e. The predicted molar refractivity (Wildman–Crippen MR) is 73.6 cm³/mol. The van der Waals surface area contributed by atoms with Gasteiger partial charge >= 0.3 is 0 Å². The molecule has 0 aromatic heterocycles. The summed E-state index contributed by atoms with van der Waals surface area (Å²) >= 11 is 0. The first-order chi connectivity index (χ1) is 9.54. The molecule has 0 aliphatic rings. The van der Waals surface area contributed by atoms with Crippen molar-refractivity contribution in [1.82, 2.24) is 0 Å². The van der Waals surface area contributed by atoms with E-state index in [1.807, 2.05) is 0 Å². The molecule has 0 bridgehead atoms. The highest BCUT2D eigenvalue weighted by Crippen LogP contribution is 2.12. The van der Waals surface area contributed by atoms with Crippen LogP contribution < -0.4 is 0 Å². The molecule has 0 heterocycles. The zero-order chi connectivity index (χ0) is 14.5. The number of rotatable bonds is 4. The molecule has 1 unspecified atom stereocenters. The predicted octanol–water partition coefficient (Wildman–Crippen LogP) is 4.02. The van der Waals surface area contributed by atoms with Gasteiger partial charge in [0, 0.05) is 17.0 Å². The van der Waals surface area contributed by atoms with Crippen LogP contribution in [0.15, 0.2) is 47.9 Å². The summed E-state index contributed by atoms with van der Waals surface area (Å²) in [6.07, 6.45) is 1.34. The highest BCUT2D eigenvalue weighted by molar-refractivity contribution is 7.87. The summed E-state index contributed by atoms with van der Waals surface area (Å²) in [5.41, 5.74) is 0.882. The van der Waals surface area contributed by atoms with Crippen LogP contribution in [0.1, 0.15) is 11.1 Å². The Morgan fingerprint density at radius 3 is 2.25 bits per heavy atom. The molecule has 0 radical (unpaired) electrons. The molecule has 0 N–H and O–H groups in total. The Labute approximate surface area is 117 Å². The lowest BCUT2D eigenvalue weighted by Crippen LogP contribution is -1.92. The first-order valence-corrected chi connectivity index (χ1v) is 7.18. The van der Waals surface area contributed by atoms with Gasteiger partial charge in [0.2, 0.25) is 0 Å². The lowest BCUT2D eigenvalue weighted by molar-refractivity contribution is 0.581. The van der Waals surface area contributed by atoms with Crippen LogP contribution >= 0.6 is 0 Å². The zero-order valence-electron chi connectivity index (χ0n) is 10.4. The Kier molecular flexibility index (Phi) is 4.74. The van der Waals surface area contributed by atoms with Crippen molar-refractivity contribution in [3.05, 3.63) is 76.5 Å². The molecule has 1 atom stereocenters. The molecule has 0 fully saturated rings. The van der Waals surface area contributed by atoms with E-state index in [1.54, 1.807) is 12.1 Å². The van der Waals surface area contributed by atoms with Crippen LogP contribution in [-0.2, 0) is 16.6 Å². The fourth-order valence-corrected chi connectivity index (χ4v) is 2.49. The maximum atomic E-state index is 13.3. The third-order valence-electron chi connectivity index (χ3n) is 2.58. The summed E-state index contributed by atoms with van der Waals surface area (Å²) in [6, 6.07) is 8.83. The molecule has 2 aromatic rings. The maximum Gasteiger partial charge on any atom is 0.133 e. The van der Waals surface area contributed by atoms with Crippen molar-refractivity contribution in [2.45, 2.75) is 5.75 Å². The average molecular weight is 296 g/mol. The van der Waals surface area contributed by atoms with E-state index in [-0.39, 0.29) is 17.1 Å². The van der Waals surface area contributed by atoms with Gasteiger partial charge in [0.25, 0.3) is 0 Å². The fourth-order valence-electron chi connectivity index (χ4n) is 1.58. The molecule has 2 rings (SSSR count). The summed E-state index contributed by atoms with van der Waals surface area (Å²) in [5, 5.41) is 1.33. The van der Waals surface area contributed by atoms with E-state index in [4.69, 9.17) is 0 Å². The van der Waals surface area contributed by atoms with Crippen LogP contribution in [0.25, 0.3) is 6.08 Å². The Hall–Kier alpha value is -1.88. The molecule has 0 saturated heterocycles. The minimum absolute atomic E-state index is 0.166. The Balaban J connectivity index is 2.03. The smallest absolute Gasteiger partial charge is 0.133 e. The van der Waals surface area contributed by atoms with Gasteiger partial charge in [-0.15, -0.1) is 0 Å². The van der Waals surface area contributed by atoms with Gasteiger partial charge < -0.3 is 0 Å². The Morgan fingerprint density at radius 1 is 0.950 bits per heavy atom. The number of benzene rings is 2. The summed E-state index contributed by atoms with van der Waals surface area (Å²) in [7, 11) is -1.36. The van der Waals surface area contributed by atoms with Gasteiger partial charge in [-0.25, -0.2) is 13.2 Å². The molecular formula is C15H11F3OS. The largest absolute Gasteiger partial charge is 0.255 e. The van der Waals surface area contributed by atoms with Crippen LogP contribution in [0.5, 0.6) is 0 Å². The van der Waals surface area contributed by atoms with E-state index in [0.717, 1.165) is 12.1 Å². The summed E-state index contributed by atoms with van der Waals surface area (Å²) in [6.45, 7) is 0. The van der Waals surface area contributed by atoms with Crippen molar-refractivity contribution in [2.24, 2.45) is 0 Å². The topological polar surface area (TPSA) is 17.1 Å². The van der Waals surface area contributed by atoms with Gasteiger partial charge in [-0.1, -0.05) is 12.1 Å². The molecule has 104 valence electrons. The van der Waals surface area contributed by atoms with Crippen molar-refractivity contribution in [3.8, 4) is 0 Å². The van der Waals surface area contributed by atoms with Crippen LogP contribution in [-0.4, -0.2) is 4.21 Å². The molecule has 0 spiro atoms. The standard InChI is InChI=1S/C15H11F3OS/c16-13-4-1-11(2-5-13)10-20(19)8-7-12-3-6-14(17)9-15(12)18/h1-9H,10H2. The monoisotopic (exact) mass is 296 g/mol. The van der Waals surface area contributed by atoms with Crippen LogP contribution in [0, 0.1) is 17.5 Å². The molecule has 0 amide bonds. The second kappa shape index (κ2) is 6.52. The van der Waals surface area contributed by atoms with Gasteiger partial charge in [0.1, 0.15) is 17.5 Å². The van der Waals surface area contributed by atoms with Gasteiger partial charge in [-0.3, -0.25) is 4.21 Å².